The molecule has 3 aromatic carbocycles. The van der Waals surface area contributed by atoms with E-state index in [2.05, 4.69) is 14.9 Å². The Morgan fingerprint density at radius 2 is 1.70 bits per heavy atom. The lowest BCUT2D eigenvalue weighted by Gasteiger charge is -2.09. The fourth-order valence-corrected chi connectivity index (χ4v) is 4.40. The molecule has 0 aliphatic rings. The molecule has 8 nitrogen and oxygen atoms in total. The molecule has 1 N–H and O–H groups in total. The summed E-state index contributed by atoms with van der Waals surface area (Å²) in [6.07, 6.45) is 1.57. The summed E-state index contributed by atoms with van der Waals surface area (Å²) in [7, 11) is -3.78. The van der Waals surface area contributed by atoms with Crippen molar-refractivity contribution < 1.29 is 12.8 Å². The molecule has 164 valence electrons. The summed E-state index contributed by atoms with van der Waals surface area (Å²) in [5, 5.41) is 9.17. The SMILES string of the molecule is Cc1ccc(S(=O)(=O)Nc2ccc3cc(-n4ncc(-c5ccccc5)n4)c(=O)oc3c2)cc1. The lowest BCUT2D eigenvalue weighted by Crippen LogP contribution is -2.14. The van der Waals surface area contributed by atoms with Crippen molar-refractivity contribution in [2.24, 2.45) is 0 Å². The summed E-state index contributed by atoms with van der Waals surface area (Å²) < 4.78 is 33.3. The smallest absolute Gasteiger partial charge is 0.364 e. The van der Waals surface area contributed by atoms with Crippen LogP contribution in [0, 0.1) is 6.92 Å². The van der Waals surface area contributed by atoms with Crippen molar-refractivity contribution in [3.05, 3.63) is 101 Å². The van der Waals surface area contributed by atoms with Gasteiger partial charge in [0, 0.05) is 17.0 Å². The van der Waals surface area contributed by atoms with Gasteiger partial charge in [0.25, 0.3) is 10.0 Å². The van der Waals surface area contributed by atoms with E-state index in [1.165, 1.54) is 23.0 Å². The molecule has 0 unspecified atom stereocenters. The van der Waals surface area contributed by atoms with Crippen LogP contribution in [-0.4, -0.2) is 23.4 Å². The number of rotatable bonds is 5. The number of nitrogens with zero attached hydrogens (tertiary/aromatic N) is 3. The molecule has 0 aliphatic carbocycles. The zero-order valence-electron chi connectivity index (χ0n) is 17.5. The minimum Gasteiger partial charge on any atom is -0.421 e. The van der Waals surface area contributed by atoms with E-state index in [4.69, 9.17) is 4.42 Å². The van der Waals surface area contributed by atoms with Crippen LogP contribution in [-0.2, 0) is 10.0 Å². The normalized spacial score (nSPS) is 11.5. The number of fused-ring (bicyclic) bond motifs is 1. The first-order valence-electron chi connectivity index (χ1n) is 10.0. The number of benzene rings is 3. The zero-order valence-corrected chi connectivity index (χ0v) is 18.3. The van der Waals surface area contributed by atoms with Crippen LogP contribution < -0.4 is 10.3 Å². The quantitative estimate of drug-likeness (QED) is 0.397. The van der Waals surface area contributed by atoms with Gasteiger partial charge in [0.15, 0.2) is 5.69 Å². The van der Waals surface area contributed by atoms with E-state index < -0.39 is 15.6 Å². The largest absolute Gasteiger partial charge is 0.421 e. The number of hydrogen-bond donors (Lipinski definition) is 1. The van der Waals surface area contributed by atoms with Crippen molar-refractivity contribution in [1.82, 2.24) is 15.0 Å². The third kappa shape index (κ3) is 4.13. The van der Waals surface area contributed by atoms with Gasteiger partial charge in [-0.1, -0.05) is 48.0 Å². The molecule has 9 heteroatoms. The Morgan fingerprint density at radius 1 is 0.939 bits per heavy atom. The summed E-state index contributed by atoms with van der Waals surface area (Å²) in [5.74, 6) is 0. The van der Waals surface area contributed by atoms with Crippen LogP contribution in [0.1, 0.15) is 5.56 Å². The molecular weight excluding hydrogens is 440 g/mol. The summed E-state index contributed by atoms with van der Waals surface area (Å²) in [4.78, 5) is 14.0. The predicted octanol–water partition coefficient (Wildman–Crippen LogP) is 4.15. The molecule has 0 saturated heterocycles. The second-order valence-corrected chi connectivity index (χ2v) is 9.16. The predicted molar refractivity (Wildman–Crippen MR) is 125 cm³/mol. The fourth-order valence-electron chi connectivity index (χ4n) is 3.36. The average molecular weight is 458 g/mol. The molecule has 0 fully saturated rings. The fraction of sp³-hybridized carbons (Fsp3) is 0.0417. The van der Waals surface area contributed by atoms with Crippen LogP contribution in [0.4, 0.5) is 5.69 Å². The van der Waals surface area contributed by atoms with E-state index in [9.17, 15) is 13.2 Å². The molecule has 0 atom stereocenters. The van der Waals surface area contributed by atoms with Crippen LogP contribution in [0.15, 0.2) is 99.2 Å². The molecule has 5 rings (SSSR count). The summed E-state index contributed by atoms with van der Waals surface area (Å²) >= 11 is 0. The Hall–Kier alpha value is -4.24. The average Bonchev–Trinajstić information content (AvgIpc) is 3.29. The maximum atomic E-state index is 12.7. The maximum Gasteiger partial charge on any atom is 0.364 e. The van der Waals surface area contributed by atoms with Gasteiger partial charge in [0.2, 0.25) is 0 Å². The van der Waals surface area contributed by atoms with Crippen molar-refractivity contribution in [2.45, 2.75) is 11.8 Å². The number of nitrogens with one attached hydrogen (secondary N) is 1. The first-order chi connectivity index (χ1) is 15.9. The van der Waals surface area contributed by atoms with E-state index in [0.29, 0.717) is 11.1 Å². The number of anilines is 1. The number of aryl methyl sites for hydroxylation is 1. The summed E-state index contributed by atoms with van der Waals surface area (Å²) in [6.45, 7) is 1.88. The van der Waals surface area contributed by atoms with Gasteiger partial charge in [0.1, 0.15) is 11.3 Å². The first-order valence-corrected chi connectivity index (χ1v) is 11.5. The molecule has 2 aromatic heterocycles. The molecule has 0 radical (unpaired) electrons. The Bertz CT molecular complexity index is 1620. The first kappa shape index (κ1) is 20.7. The van der Waals surface area contributed by atoms with E-state index >= 15 is 0 Å². The van der Waals surface area contributed by atoms with Crippen molar-refractivity contribution in [3.8, 4) is 16.9 Å². The Labute approximate surface area is 189 Å². The standard InChI is InChI=1S/C24H18N4O4S/c1-16-7-11-20(12-8-16)33(30,31)27-19-10-9-18-13-22(24(29)32-23(18)14-19)28-25-15-21(26-28)17-5-3-2-4-6-17/h2-15,27H,1H3. The summed E-state index contributed by atoms with van der Waals surface area (Å²) in [6, 6.07) is 22.3. The molecule has 0 saturated carbocycles. The molecule has 5 aromatic rings. The highest BCUT2D eigenvalue weighted by molar-refractivity contribution is 7.92. The van der Waals surface area contributed by atoms with Gasteiger partial charge in [-0.15, -0.1) is 9.90 Å². The van der Waals surface area contributed by atoms with Crippen molar-refractivity contribution in [2.75, 3.05) is 4.72 Å². The van der Waals surface area contributed by atoms with Gasteiger partial charge in [-0.25, -0.2) is 13.2 Å². The van der Waals surface area contributed by atoms with Gasteiger partial charge in [-0.3, -0.25) is 4.72 Å². The number of aromatic nitrogens is 3. The number of hydrogen-bond acceptors (Lipinski definition) is 6. The Balaban J connectivity index is 1.46. The van der Waals surface area contributed by atoms with Gasteiger partial charge in [-0.05, 0) is 37.3 Å². The molecule has 0 amide bonds. The minimum absolute atomic E-state index is 0.143. The van der Waals surface area contributed by atoms with Gasteiger partial charge in [0.05, 0.1) is 16.8 Å². The van der Waals surface area contributed by atoms with Crippen LogP contribution in [0.5, 0.6) is 0 Å². The van der Waals surface area contributed by atoms with Crippen molar-refractivity contribution >= 4 is 26.7 Å². The number of sulfonamides is 1. The highest BCUT2D eigenvalue weighted by Gasteiger charge is 2.16. The van der Waals surface area contributed by atoms with Crippen LogP contribution >= 0.6 is 0 Å². The van der Waals surface area contributed by atoms with Crippen molar-refractivity contribution in [1.29, 1.82) is 0 Å². The van der Waals surface area contributed by atoms with Gasteiger partial charge >= 0.3 is 5.63 Å². The van der Waals surface area contributed by atoms with E-state index in [1.54, 1.807) is 36.5 Å². The summed E-state index contributed by atoms with van der Waals surface area (Å²) in [5.41, 5.74) is 2.48. The van der Waals surface area contributed by atoms with Crippen molar-refractivity contribution in [3.63, 3.8) is 0 Å². The van der Waals surface area contributed by atoms with Crippen LogP contribution in [0.3, 0.4) is 0 Å². The molecule has 0 aliphatic heterocycles. The molecular formula is C24H18N4O4S. The third-order valence-electron chi connectivity index (χ3n) is 5.08. The minimum atomic E-state index is -3.78. The monoisotopic (exact) mass is 458 g/mol. The Kier molecular flexibility index (Phi) is 5.02. The van der Waals surface area contributed by atoms with E-state index in [-0.39, 0.29) is 21.9 Å². The topological polar surface area (TPSA) is 107 Å². The van der Waals surface area contributed by atoms with E-state index in [1.807, 2.05) is 37.3 Å². The van der Waals surface area contributed by atoms with Gasteiger partial charge < -0.3 is 4.42 Å². The van der Waals surface area contributed by atoms with Gasteiger partial charge in [-0.2, -0.15) is 5.10 Å². The maximum absolute atomic E-state index is 12.7. The van der Waals surface area contributed by atoms with E-state index in [0.717, 1.165) is 11.1 Å². The zero-order chi connectivity index (χ0) is 23.0. The molecule has 0 bridgehead atoms. The highest BCUT2D eigenvalue weighted by atomic mass is 32.2. The molecule has 2 heterocycles. The lowest BCUT2D eigenvalue weighted by molar-refractivity contribution is 0.546. The van der Waals surface area contributed by atoms with Crippen LogP contribution in [0.2, 0.25) is 0 Å². The Morgan fingerprint density at radius 3 is 2.45 bits per heavy atom. The second-order valence-electron chi connectivity index (χ2n) is 7.48. The lowest BCUT2D eigenvalue weighted by atomic mass is 10.2. The molecule has 33 heavy (non-hydrogen) atoms. The molecule has 0 spiro atoms. The second kappa shape index (κ2) is 8.03. The third-order valence-corrected chi connectivity index (χ3v) is 6.48. The van der Waals surface area contributed by atoms with Crippen LogP contribution in [0.25, 0.3) is 27.9 Å². The highest BCUT2D eigenvalue weighted by Crippen LogP contribution is 2.23.